The Bertz CT molecular complexity index is 1000. The van der Waals surface area contributed by atoms with Gasteiger partial charge in [-0.25, -0.2) is 9.97 Å². The Labute approximate surface area is 136 Å². The van der Waals surface area contributed by atoms with Crippen LogP contribution in [0.25, 0.3) is 22.6 Å². The molecule has 0 atom stereocenters. The molecule has 120 valence electrons. The van der Waals surface area contributed by atoms with Crippen LogP contribution in [0.4, 0.5) is 17.5 Å². The average molecular weight is 322 g/mol. The van der Waals surface area contributed by atoms with Crippen molar-refractivity contribution in [1.29, 1.82) is 0 Å². The molecule has 3 N–H and O–H groups in total. The van der Waals surface area contributed by atoms with Crippen molar-refractivity contribution in [2.75, 3.05) is 17.7 Å². The minimum atomic E-state index is 0.423. The van der Waals surface area contributed by atoms with E-state index < -0.39 is 0 Å². The number of aryl methyl sites for hydroxylation is 1. The van der Waals surface area contributed by atoms with Crippen LogP contribution in [0, 0.1) is 0 Å². The number of imidazole rings is 1. The number of pyridine rings is 1. The van der Waals surface area contributed by atoms with Crippen LogP contribution in [0.1, 0.15) is 0 Å². The number of hydrogen-bond donors (Lipinski definition) is 3. The van der Waals surface area contributed by atoms with E-state index in [2.05, 4.69) is 45.6 Å². The predicted molar refractivity (Wildman–Crippen MR) is 88.7 cm³/mol. The van der Waals surface area contributed by atoms with Crippen molar-refractivity contribution in [3.8, 4) is 11.4 Å². The van der Waals surface area contributed by atoms with E-state index in [-0.39, 0.29) is 0 Å². The summed E-state index contributed by atoms with van der Waals surface area (Å²) in [6.45, 7) is 0. The minimum absolute atomic E-state index is 0.423. The predicted octanol–water partition coefficient (Wildman–Crippen LogP) is 1.33. The summed E-state index contributed by atoms with van der Waals surface area (Å²) in [5.74, 6) is 1.69. The molecule has 0 bridgehead atoms. The van der Waals surface area contributed by atoms with Gasteiger partial charge in [-0.1, -0.05) is 0 Å². The Kier molecular flexibility index (Phi) is 3.26. The maximum Gasteiger partial charge on any atom is 0.231 e. The molecule has 0 spiro atoms. The third-order valence-electron chi connectivity index (χ3n) is 3.37. The molecule has 10 nitrogen and oxygen atoms in total. The van der Waals surface area contributed by atoms with Gasteiger partial charge in [-0.05, 0) is 6.07 Å². The molecule has 4 aromatic rings. The van der Waals surface area contributed by atoms with Crippen molar-refractivity contribution in [1.82, 2.24) is 39.7 Å². The highest BCUT2D eigenvalue weighted by molar-refractivity contribution is 5.84. The van der Waals surface area contributed by atoms with Crippen LogP contribution >= 0.6 is 0 Å². The second kappa shape index (κ2) is 5.57. The smallest absolute Gasteiger partial charge is 0.231 e. The van der Waals surface area contributed by atoms with Crippen molar-refractivity contribution < 1.29 is 0 Å². The summed E-state index contributed by atoms with van der Waals surface area (Å²) in [5, 5.41) is 10.4. The lowest BCUT2D eigenvalue weighted by Crippen LogP contribution is -2.02. The molecule has 4 heterocycles. The van der Waals surface area contributed by atoms with Crippen molar-refractivity contribution in [3.05, 3.63) is 31.1 Å². The molecule has 0 aliphatic heterocycles. The van der Waals surface area contributed by atoms with Gasteiger partial charge in [-0.15, -0.1) is 0 Å². The number of nitrogens with one attached hydrogen (secondary N) is 3. The first-order valence-electron chi connectivity index (χ1n) is 7.20. The van der Waals surface area contributed by atoms with Gasteiger partial charge in [0.25, 0.3) is 0 Å². The Balaban J connectivity index is 1.68. The zero-order valence-corrected chi connectivity index (χ0v) is 13.0. The van der Waals surface area contributed by atoms with Gasteiger partial charge in [0.1, 0.15) is 11.8 Å². The maximum atomic E-state index is 4.43. The number of anilines is 3. The second-order valence-electron chi connectivity index (χ2n) is 5.08. The SMILES string of the molecule is CNc1nc(Nc2cncc(-c3ncn(C)n3)c2)nc2nc[nH]c12. The average Bonchev–Trinajstić information content (AvgIpc) is 3.23. The molecule has 0 aliphatic rings. The van der Waals surface area contributed by atoms with E-state index in [0.717, 1.165) is 16.8 Å². The molecule has 0 saturated carbocycles. The van der Waals surface area contributed by atoms with Crippen LogP contribution in [-0.2, 0) is 7.05 Å². The third-order valence-corrected chi connectivity index (χ3v) is 3.37. The fraction of sp³-hybridized carbons (Fsp3) is 0.143. The number of rotatable bonds is 4. The quantitative estimate of drug-likeness (QED) is 0.514. The van der Waals surface area contributed by atoms with Gasteiger partial charge >= 0.3 is 0 Å². The summed E-state index contributed by atoms with van der Waals surface area (Å²) in [4.78, 5) is 24.4. The number of hydrogen-bond acceptors (Lipinski definition) is 8. The zero-order chi connectivity index (χ0) is 16.5. The molecule has 10 heteroatoms. The lowest BCUT2D eigenvalue weighted by molar-refractivity contribution is 0.768. The highest BCUT2D eigenvalue weighted by Crippen LogP contribution is 2.22. The zero-order valence-electron chi connectivity index (χ0n) is 13.0. The first-order chi connectivity index (χ1) is 11.7. The summed E-state index contributed by atoms with van der Waals surface area (Å²) in [6, 6.07) is 1.89. The fourth-order valence-corrected chi connectivity index (χ4v) is 2.30. The maximum absolute atomic E-state index is 4.43. The monoisotopic (exact) mass is 322 g/mol. The van der Waals surface area contributed by atoms with E-state index >= 15 is 0 Å². The third kappa shape index (κ3) is 2.49. The van der Waals surface area contributed by atoms with E-state index in [1.165, 1.54) is 0 Å². The summed E-state index contributed by atoms with van der Waals surface area (Å²) in [7, 11) is 3.61. The van der Waals surface area contributed by atoms with E-state index in [1.807, 2.05) is 13.1 Å². The van der Waals surface area contributed by atoms with Crippen LogP contribution in [-0.4, -0.2) is 46.7 Å². The Morgan fingerprint density at radius 1 is 1.17 bits per heavy atom. The number of aromatic amines is 1. The van der Waals surface area contributed by atoms with Crippen molar-refractivity contribution in [3.63, 3.8) is 0 Å². The largest absolute Gasteiger partial charge is 0.371 e. The minimum Gasteiger partial charge on any atom is -0.371 e. The molecular weight excluding hydrogens is 308 g/mol. The van der Waals surface area contributed by atoms with Crippen LogP contribution in [0.5, 0.6) is 0 Å². The molecule has 0 saturated heterocycles. The van der Waals surface area contributed by atoms with Gasteiger partial charge in [0.2, 0.25) is 5.95 Å². The molecule has 0 aliphatic carbocycles. The van der Waals surface area contributed by atoms with Gasteiger partial charge in [0, 0.05) is 25.9 Å². The van der Waals surface area contributed by atoms with E-state index in [9.17, 15) is 0 Å². The normalized spacial score (nSPS) is 10.9. The first kappa shape index (κ1) is 14.1. The summed E-state index contributed by atoms with van der Waals surface area (Å²) in [5.41, 5.74) is 2.87. The lowest BCUT2D eigenvalue weighted by atomic mass is 10.2. The number of fused-ring (bicyclic) bond motifs is 1. The highest BCUT2D eigenvalue weighted by atomic mass is 15.3. The fourth-order valence-electron chi connectivity index (χ4n) is 2.30. The molecular formula is C14H14N10. The van der Waals surface area contributed by atoms with Crippen LogP contribution in [0.15, 0.2) is 31.1 Å². The number of nitrogens with zero attached hydrogens (tertiary/aromatic N) is 7. The van der Waals surface area contributed by atoms with Gasteiger partial charge in [-0.3, -0.25) is 9.67 Å². The van der Waals surface area contributed by atoms with E-state index in [1.54, 1.807) is 36.8 Å². The van der Waals surface area contributed by atoms with Gasteiger partial charge in [0.15, 0.2) is 17.3 Å². The highest BCUT2D eigenvalue weighted by Gasteiger charge is 2.10. The van der Waals surface area contributed by atoms with Crippen LogP contribution in [0.2, 0.25) is 0 Å². The van der Waals surface area contributed by atoms with E-state index in [0.29, 0.717) is 23.2 Å². The van der Waals surface area contributed by atoms with Crippen LogP contribution < -0.4 is 10.6 Å². The van der Waals surface area contributed by atoms with Crippen molar-refractivity contribution in [2.24, 2.45) is 7.05 Å². The number of H-pyrrole nitrogens is 1. The standard InChI is InChI=1S/C14H14N10/c1-15-12-10-13(18-6-17-10)22-14(21-12)20-9-3-8(4-16-5-9)11-19-7-24(2)23-11/h3-7H,1-2H3,(H3,15,17,18,20,21,22). The molecule has 0 radical (unpaired) electrons. The Hall–Kier alpha value is -3.56. The van der Waals surface area contributed by atoms with E-state index in [4.69, 9.17) is 0 Å². The molecule has 0 aromatic carbocycles. The van der Waals surface area contributed by atoms with Crippen LogP contribution in [0.3, 0.4) is 0 Å². The lowest BCUT2D eigenvalue weighted by Gasteiger charge is -2.07. The van der Waals surface area contributed by atoms with Gasteiger partial charge < -0.3 is 15.6 Å². The summed E-state index contributed by atoms with van der Waals surface area (Å²) < 4.78 is 1.64. The number of aromatic nitrogens is 8. The molecule has 0 amide bonds. The van der Waals surface area contributed by atoms with Gasteiger partial charge in [0.05, 0.1) is 18.2 Å². The molecule has 0 unspecified atom stereocenters. The Morgan fingerprint density at radius 2 is 2.08 bits per heavy atom. The molecule has 0 fully saturated rings. The summed E-state index contributed by atoms with van der Waals surface area (Å²) in [6.07, 6.45) is 6.61. The molecule has 4 rings (SSSR count). The first-order valence-corrected chi connectivity index (χ1v) is 7.20. The molecule has 24 heavy (non-hydrogen) atoms. The topological polar surface area (TPSA) is 122 Å². The Morgan fingerprint density at radius 3 is 2.88 bits per heavy atom. The second-order valence-corrected chi connectivity index (χ2v) is 5.08. The van der Waals surface area contributed by atoms with Gasteiger partial charge in [-0.2, -0.15) is 15.1 Å². The van der Waals surface area contributed by atoms with Crippen molar-refractivity contribution in [2.45, 2.75) is 0 Å². The summed E-state index contributed by atoms with van der Waals surface area (Å²) >= 11 is 0. The van der Waals surface area contributed by atoms with Crippen molar-refractivity contribution >= 4 is 28.6 Å². The molecule has 4 aromatic heterocycles.